The average molecular weight is 435 g/mol. The van der Waals surface area contributed by atoms with Crippen LogP contribution < -0.4 is 10.2 Å². The topological polar surface area (TPSA) is 58.1 Å². The van der Waals surface area contributed by atoms with Gasteiger partial charge in [-0.25, -0.2) is 4.98 Å². The lowest BCUT2D eigenvalue weighted by Gasteiger charge is -2.31. The van der Waals surface area contributed by atoms with E-state index in [1.54, 1.807) is 0 Å². The maximum atomic E-state index is 12.2. The normalized spacial score (nSPS) is 14.5. The quantitative estimate of drug-likeness (QED) is 0.571. The van der Waals surface area contributed by atoms with E-state index in [4.69, 9.17) is 4.98 Å². The highest BCUT2D eigenvalue weighted by molar-refractivity contribution is 7.09. The maximum Gasteiger partial charge on any atom is 0.220 e. The number of aryl methyl sites for hydroxylation is 2. The van der Waals surface area contributed by atoms with Gasteiger partial charge >= 0.3 is 0 Å². The number of carbonyl (C=O) groups excluding carboxylic acids is 1. The van der Waals surface area contributed by atoms with Crippen LogP contribution in [0, 0.1) is 12.8 Å². The summed E-state index contributed by atoms with van der Waals surface area (Å²) in [5.74, 6) is 1.59. The number of nitrogens with one attached hydrogen (secondary N) is 1. The van der Waals surface area contributed by atoms with Gasteiger partial charge in [-0.15, -0.1) is 0 Å². The van der Waals surface area contributed by atoms with Gasteiger partial charge in [-0.2, -0.15) is 4.37 Å². The molecule has 0 atom stereocenters. The molecule has 2 aromatic carbocycles. The van der Waals surface area contributed by atoms with Gasteiger partial charge in [-0.3, -0.25) is 4.79 Å². The predicted molar refractivity (Wildman–Crippen MR) is 127 cm³/mol. The van der Waals surface area contributed by atoms with Crippen molar-refractivity contribution >= 4 is 22.6 Å². The molecule has 1 saturated heterocycles. The highest BCUT2D eigenvalue weighted by Gasteiger charge is 2.22. The Labute approximate surface area is 188 Å². The first-order valence-electron chi connectivity index (χ1n) is 11.1. The Morgan fingerprint density at radius 2 is 1.81 bits per heavy atom. The van der Waals surface area contributed by atoms with Gasteiger partial charge in [-0.05, 0) is 43.2 Å². The molecule has 1 aliphatic heterocycles. The highest BCUT2D eigenvalue weighted by atomic mass is 32.1. The van der Waals surface area contributed by atoms with Gasteiger partial charge in [0, 0.05) is 44.0 Å². The second-order valence-corrected chi connectivity index (χ2v) is 9.11. The van der Waals surface area contributed by atoms with Gasteiger partial charge < -0.3 is 10.2 Å². The molecule has 0 aliphatic carbocycles. The Kier molecular flexibility index (Phi) is 7.30. The Hall–Kier alpha value is -2.73. The Morgan fingerprint density at radius 1 is 1.06 bits per heavy atom. The zero-order chi connectivity index (χ0) is 21.5. The van der Waals surface area contributed by atoms with Crippen molar-refractivity contribution < 1.29 is 4.79 Å². The molecular weight excluding hydrogens is 404 g/mol. The summed E-state index contributed by atoms with van der Waals surface area (Å²) in [5.41, 5.74) is 3.73. The molecule has 0 radical (unpaired) electrons. The van der Waals surface area contributed by atoms with E-state index in [2.05, 4.69) is 57.9 Å². The molecule has 6 heteroatoms. The molecule has 5 nitrogen and oxygen atoms in total. The molecule has 4 rings (SSSR count). The summed E-state index contributed by atoms with van der Waals surface area (Å²) in [6, 6.07) is 18.7. The van der Waals surface area contributed by atoms with Crippen LogP contribution in [0.1, 0.15) is 41.8 Å². The molecule has 162 valence electrons. The van der Waals surface area contributed by atoms with Crippen molar-refractivity contribution in [2.75, 3.05) is 24.5 Å². The van der Waals surface area contributed by atoms with Crippen LogP contribution >= 0.6 is 11.5 Å². The predicted octanol–water partition coefficient (Wildman–Crippen LogP) is 4.40. The number of hydrogen-bond acceptors (Lipinski definition) is 5. The molecule has 1 aliphatic rings. The monoisotopic (exact) mass is 434 g/mol. The van der Waals surface area contributed by atoms with E-state index >= 15 is 0 Å². The number of rotatable bonds is 8. The average Bonchev–Trinajstić information content (AvgIpc) is 3.27. The van der Waals surface area contributed by atoms with E-state index in [-0.39, 0.29) is 5.91 Å². The molecule has 0 bridgehead atoms. The van der Waals surface area contributed by atoms with Crippen molar-refractivity contribution in [3.05, 3.63) is 77.1 Å². The summed E-state index contributed by atoms with van der Waals surface area (Å²) in [4.78, 5) is 19.3. The third kappa shape index (κ3) is 6.37. The molecule has 1 fully saturated rings. The molecule has 2 heterocycles. The fraction of sp³-hybridized carbons (Fsp3) is 0.400. The lowest BCUT2D eigenvalue weighted by molar-refractivity contribution is -0.121. The summed E-state index contributed by atoms with van der Waals surface area (Å²) in [6.45, 7) is 4.83. The highest BCUT2D eigenvalue weighted by Crippen LogP contribution is 2.25. The number of benzene rings is 2. The van der Waals surface area contributed by atoms with Gasteiger partial charge in [0.25, 0.3) is 0 Å². The molecule has 0 saturated carbocycles. The Morgan fingerprint density at radius 3 is 2.55 bits per heavy atom. The fourth-order valence-electron chi connectivity index (χ4n) is 3.91. The maximum absolute atomic E-state index is 12.2. The van der Waals surface area contributed by atoms with Gasteiger partial charge in [-0.1, -0.05) is 60.2 Å². The van der Waals surface area contributed by atoms with E-state index in [1.807, 2.05) is 18.2 Å². The van der Waals surface area contributed by atoms with Crippen molar-refractivity contribution in [2.24, 2.45) is 5.92 Å². The van der Waals surface area contributed by atoms with E-state index in [0.29, 0.717) is 12.3 Å². The zero-order valence-corrected chi connectivity index (χ0v) is 18.9. The number of piperidine rings is 1. The van der Waals surface area contributed by atoms with Crippen molar-refractivity contribution in [3.8, 4) is 0 Å². The molecular formula is C25H30N4OS. The number of amides is 1. The van der Waals surface area contributed by atoms with Crippen LogP contribution in [-0.2, 0) is 17.6 Å². The van der Waals surface area contributed by atoms with Crippen molar-refractivity contribution in [1.82, 2.24) is 14.7 Å². The van der Waals surface area contributed by atoms with Crippen LogP contribution in [0.4, 0.5) is 5.13 Å². The van der Waals surface area contributed by atoms with Crippen LogP contribution in [0.15, 0.2) is 54.6 Å². The van der Waals surface area contributed by atoms with Crippen LogP contribution in [-0.4, -0.2) is 34.9 Å². The standard InChI is InChI=1S/C25H30N4OS/c1-19-7-9-21(10-8-19)17-23-27-25(31-28-23)29-15-13-22(14-16-29)18-26-24(30)12-11-20-5-3-2-4-6-20/h2-10,22H,11-18H2,1H3,(H,26,30). The van der Waals surface area contributed by atoms with Gasteiger partial charge in [0.15, 0.2) is 0 Å². The molecule has 1 amide bonds. The van der Waals surface area contributed by atoms with Crippen LogP contribution in [0.25, 0.3) is 0 Å². The molecule has 1 aromatic heterocycles. The third-order valence-corrected chi connectivity index (χ3v) is 6.71. The van der Waals surface area contributed by atoms with Crippen molar-refractivity contribution in [2.45, 2.75) is 39.0 Å². The summed E-state index contributed by atoms with van der Waals surface area (Å²) >= 11 is 1.50. The van der Waals surface area contributed by atoms with Crippen molar-refractivity contribution in [3.63, 3.8) is 0 Å². The smallest absolute Gasteiger partial charge is 0.220 e. The van der Waals surface area contributed by atoms with E-state index in [0.717, 1.165) is 56.3 Å². The number of hydrogen-bond donors (Lipinski definition) is 1. The van der Waals surface area contributed by atoms with Crippen molar-refractivity contribution in [1.29, 1.82) is 0 Å². The molecule has 31 heavy (non-hydrogen) atoms. The van der Waals surface area contributed by atoms with Gasteiger partial charge in [0.05, 0.1) is 0 Å². The fourth-order valence-corrected chi connectivity index (χ4v) is 4.65. The summed E-state index contributed by atoms with van der Waals surface area (Å²) in [7, 11) is 0. The number of carbonyl (C=O) groups is 1. The molecule has 1 N–H and O–H groups in total. The van der Waals surface area contributed by atoms with Crippen LogP contribution in [0.2, 0.25) is 0 Å². The number of aromatic nitrogens is 2. The molecule has 0 spiro atoms. The van der Waals surface area contributed by atoms with E-state index < -0.39 is 0 Å². The first-order valence-corrected chi connectivity index (χ1v) is 11.9. The van der Waals surface area contributed by atoms with Crippen LogP contribution in [0.5, 0.6) is 0 Å². The first kappa shape index (κ1) is 21.5. The summed E-state index contributed by atoms with van der Waals surface area (Å²) in [5, 5.41) is 4.15. The zero-order valence-electron chi connectivity index (χ0n) is 18.1. The SMILES string of the molecule is Cc1ccc(Cc2nsc(N3CCC(CNC(=O)CCc4ccccc4)CC3)n2)cc1. The summed E-state index contributed by atoms with van der Waals surface area (Å²) in [6.07, 6.45) is 4.28. The lowest BCUT2D eigenvalue weighted by Crippen LogP contribution is -2.38. The Balaban J connectivity index is 1.18. The number of nitrogens with zero attached hydrogens (tertiary/aromatic N) is 3. The van der Waals surface area contributed by atoms with Gasteiger partial charge in [0.2, 0.25) is 11.0 Å². The number of anilines is 1. The lowest BCUT2D eigenvalue weighted by atomic mass is 9.97. The summed E-state index contributed by atoms with van der Waals surface area (Å²) < 4.78 is 4.56. The minimum absolute atomic E-state index is 0.149. The minimum Gasteiger partial charge on any atom is -0.356 e. The van der Waals surface area contributed by atoms with Crippen LogP contribution in [0.3, 0.4) is 0 Å². The molecule has 3 aromatic rings. The third-order valence-electron chi connectivity index (χ3n) is 5.90. The largest absolute Gasteiger partial charge is 0.356 e. The van der Waals surface area contributed by atoms with E-state index in [9.17, 15) is 4.79 Å². The second-order valence-electron chi connectivity index (χ2n) is 8.38. The van der Waals surface area contributed by atoms with E-state index in [1.165, 1.54) is 28.2 Å². The van der Waals surface area contributed by atoms with Gasteiger partial charge in [0.1, 0.15) is 5.82 Å². The minimum atomic E-state index is 0.149. The second kappa shape index (κ2) is 10.5. The first-order chi connectivity index (χ1) is 15.2. The molecule has 0 unspecified atom stereocenters. The Bertz CT molecular complexity index is 963.